The number of carbonyl (C=O) groups excluding carboxylic acids is 1. The van der Waals surface area contributed by atoms with E-state index in [0.29, 0.717) is 6.54 Å². The van der Waals surface area contributed by atoms with Crippen LogP contribution in [0.3, 0.4) is 0 Å². The number of hydrogen-bond donors (Lipinski definition) is 1. The number of hydrogen-bond acceptors (Lipinski definition) is 4. The second kappa shape index (κ2) is 9.49. The third-order valence-electron chi connectivity index (χ3n) is 5.81. The van der Waals surface area contributed by atoms with E-state index in [2.05, 4.69) is 29.0 Å². The molecule has 2 saturated heterocycles. The van der Waals surface area contributed by atoms with E-state index < -0.39 is 0 Å². The second-order valence-electron chi connectivity index (χ2n) is 7.79. The molecule has 144 valence electrons. The summed E-state index contributed by atoms with van der Waals surface area (Å²) in [6, 6.07) is 8.42. The topological polar surface area (TPSA) is 47.0 Å². The zero-order valence-corrected chi connectivity index (χ0v) is 16.1. The van der Waals surface area contributed by atoms with Crippen LogP contribution < -0.4 is 0 Å². The standard InChI is InChI=1S/C21H33N3O2/c1-22-12-13-24(17-20(22)9-14-25)21(26)19-8-6-7-18(15-19)16-23-10-4-2-3-5-11-23/h6-8,15,20,25H,2-5,9-14,16-17H2,1H3. The first-order valence-electron chi connectivity index (χ1n) is 10.1. The Kier molecular flexibility index (Phi) is 7.06. The number of benzene rings is 1. The van der Waals surface area contributed by atoms with Gasteiger partial charge in [-0.25, -0.2) is 0 Å². The lowest BCUT2D eigenvalue weighted by Crippen LogP contribution is -2.53. The maximum Gasteiger partial charge on any atom is 0.253 e. The Morgan fingerprint density at radius 3 is 2.62 bits per heavy atom. The van der Waals surface area contributed by atoms with Crippen molar-refractivity contribution in [3.05, 3.63) is 35.4 Å². The molecule has 3 rings (SSSR count). The molecule has 1 amide bonds. The molecule has 1 aromatic rings. The second-order valence-corrected chi connectivity index (χ2v) is 7.79. The van der Waals surface area contributed by atoms with Crippen LogP contribution in [-0.2, 0) is 6.54 Å². The summed E-state index contributed by atoms with van der Waals surface area (Å²) in [6.45, 7) is 5.77. The number of nitrogens with zero attached hydrogens (tertiary/aromatic N) is 3. The molecule has 0 saturated carbocycles. The highest BCUT2D eigenvalue weighted by atomic mass is 16.3. The number of amides is 1. The van der Waals surface area contributed by atoms with Gasteiger partial charge in [0.15, 0.2) is 0 Å². The van der Waals surface area contributed by atoms with E-state index in [1.165, 1.54) is 44.3 Å². The largest absolute Gasteiger partial charge is 0.396 e. The van der Waals surface area contributed by atoms with Gasteiger partial charge in [-0.1, -0.05) is 25.0 Å². The number of carbonyl (C=O) groups is 1. The van der Waals surface area contributed by atoms with Gasteiger partial charge in [0.1, 0.15) is 0 Å². The molecule has 5 nitrogen and oxygen atoms in total. The average Bonchev–Trinajstić information content (AvgIpc) is 2.92. The van der Waals surface area contributed by atoms with Crippen LogP contribution in [0.2, 0.25) is 0 Å². The van der Waals surface area contributed by atoms with Crippen molar-refractivity contribution in [3.8, 4) is 0 Å². The molecule has 5 heteroatoms. The summed E-state index contributed by atoms with van der Waals surface area (Å²) in [6.07, 6.45) is 5.97. The van der Waals surface area contributed by atoms with Crippen LogP contribution >= 0.6 is 0 Å². The van der Waals surface area contributed by atoms with Gasteiger partial charge in [-0.15, -0.1) is 0 Å². The van der Waals surface area contributed by atoms with Gasteiger partial charge in [0.25, 0.3) is 5.91 Å². The zero-order chi connectivity index (χ0) is 18.4. The van der Waals surface area contributed by atoms with Crippen LogP contribution in [0.5, 0.6) is 0 Å². The molecule has 0 spiro atoms. The van der Waals surface area contributed by atoms with Crippen LogP contribution in [-0.4, -0.2) is 78.1 Å². The van der Waals surface area contributed by atoms with E-state index in [9.17, 15) is 9.90 Å². The van der Waals surface area contributed by atoms with Crippen LogP contribution in [0, 0.1) is 0 Å². The summed E-state index contributed by atoms with van der Waals surface area (Å²) in [5.74, 6) is 0.124. The van der Waals surface area contributed by atoms with E-state index in [-0.39, 0.29) is 18.6 Å². The summed E-state index contributed by atoms with van der Waals surface area (Å²) in [7, 11) is 2.07. The van der Waals surface area contributed by atoms with Gasteiger partial charge in [0, 0.05) is 44.4 Å². The van der Waals surface area contributed by atoms with E-state index in [1.807, 2.05) is 17.0 Å². The highest BCUT2D eigenvalue weighted by molar-refractivity contribution is 5.94. The van der Waals surface area contributed by atoms with Crippen molar-refractivity contribution in [3.63, 3.8) is 0 Å². The van der Waals surface area contributed by atoms with Crippen LogP contribution in [0.15, 0.2) is 24.3 Å². The fourth-order valence-corrected chi connectivity index (χ4v) is 4.13. The van der Waals surface area contributed by atoms with Crippen LogP contribution in [0.1, 0.15) is 48.0 Å². The lowest BCUT2D eigenvalue weighted by Gasteiger charge is -2.39. The van der Waals surface area contributed by atoms with Crippen molar-refractivity contribution in [2.45, 2.75) is 44.7 Å². The molecule has 2 fully saturated rings. The zero-order valence-electron chi connectivity index (χ0n) is 16.1. The van der Waals surface area contributed by atoms with Crippen molar-refractivity contribution in [2.24, 2.45) is 0 Å². The number of piperazine rings is 1. The Balaban J connectivity index is 1.64. The summed E-state index contributed by atoms with van der Waals surface area (Å²) in [4.78, 5) is 19.7. The highest BCUT2D eigenvalue weighted by Gasteiger charge is 2.27. The third kappa shape index (κ3) is 5.06. The van der Waals surface area contributed by atoms with Gasteiger partial charge < -0.3 is 10.0 Å². The third-order valence-corrected chi connectivity index (χ3v) is 5.81. The molecule has 0 aliphatic carbocycles. The van der Waals surface area contributed by atoms with Gasteiger partial charge >= 0.3 is 0 Å². The van der Waals surface area contributed by atoms with E-state index in [1.54, 1.807) is 0 Å². The lowest BCUT2D eigenvalue weighted by molar-refractivity contribution is 0.0500. The molecule has 26 heavy (non-hydrogen) atoms. The molecule has 0 bridgehead atoms. The molecule has 2 aliphatic rings. The summed E-state index contributed by atoms with van der Waals surface area (Å²) in [5, 5.41) is 9.26. The summed E-state index contributed by atoms with van der Waals surface area (Å²) < 4.78 is 0. The van der Waals surface area contributed by atoms with Crippen LogP contribution in [0.4, 0.5) is 0 Å². The fraction of sp³-hybridized carbons (Fsp3) is 0.667. The Hall–Kier alpha value is -1.43. The molecule has 1 N–H and O–H groups in total. The number of rotatable bonds is 5. The van der Waals surface area contributed by atoms with E-state index in [4.69, 9.17) is 0 Å². The number of likely N-dealkylation sites (tertiary alicyclic amines) is 1. The first kappa shape index (κ1) is 19.3. The highest BCUT2D eigenvalue weighted by Crippen LogP contribution is 2.17. The Morgan fingerprint density at radius 1 is 1.12 bits per heavy atom. The van der Waals surface area contributed by atoms with Crippen molar-refractivity contribution in [1.29, 1.82) is 0 Å². The molecule has 0 radical (unpaired) electrons. The van der Waals surface area contributed by atoms with Gasteiger partial charge in [0.2, 0.25) is 0 Å². The molecule has 0 aromatic heterocycles. The minimum Gasteiger partial charge on any atom is -0.396 e. The molecular weight excluding hydrogens is 326 g/mol. The van der Waals surface area contributed by atoms with Crippen molar-refractivity contribution in [1.82, 2.24) is 14.7 Å². The molecular formula is C21H33N3O2. The number of aliphatic hydroxyl groups is 1. The first-order chi connectivity index (χ1) is 12.7. The van der Waals surface area contributed by atoms with Gasteiger partial charge in [-0.3, -0.25) is 14.6 Å². The lowest BCUT2D eigenvalue weighted by atomic mass is 10.1. The average molecular weight is 360 g/mol. The number of likely N-dealkylation sites (N-methyl/N-ethyl adjacent to an activating group) is 1. The minimum absolute atomic E-state index is 0.124. The molecule has 1 atom stereocenters. The maximum atomic E-state index is 13.0. The SMILES string of the molecule is CN1CCN(C(=O)c2cccc(CN3CCCCCC3)c2)CC1CCO. The monoisotopic (exact) mass is 359 g/mol. The Labute approximate surface area is 157 Å². The summed E-state index contributed by atoms with van der Waals surface area (Å²) >= 11 is 0. The first-order valence-corrected chi connectivity index (χ1v) is 10.1. The van der Waals surface area contributed by atoms with Crippen molar-refractivity contribution >= 4 is 5.91 Å². The predicted octanol–water partition coefficient (Wildman–Crippen LogP) is 2.20. The summed E-state index contributed by atoms with van der Waals surface area (Å²) in [5.41, 5.74) is 2.03. The van der Waals surface area contributed by atoms with Crippen molar-refractivity contribution in [2.75, 3.05) is 46.4 Å². The maximum absolute atomic E-state index is 13.0. The molecule has 2 aliphatic heterocycles. The quantitative estimate of drug-likeness (QED) is 0.876. The van der Waals surface area contributed by atoms with Gasteiger partial charge in [0.05, 0.1) is 0 Å². The minimum atomic E-state index is 0.124. The van der Waals surface area contributed by atoms with Crippen LogP contribution in [0.25, 0.3) is 0 Å². The van der Waals surface area contributed by atoms with E-state index >= 15 is 0 Å². The normalized spacial score (nSPS) is 23.0. The van der Waals surface area contributed by atoms with Crippen molar-refractivity contribution < 1.29 is 9.90 Å². The number of aliphatic hydroxyl groups excluding tert-OH is 1. The predicted molar refractivity (Wildman–Crippen MR) is 104 cm³/mol. The van der Waals surface area contributed by atoms with E-state index in [0.717, 1.165) is 31.6 Å². The molecule has 1 unspecified atom stereocenters. The van der Waals surface area contributed by atoms with Gasteiger partial charge in [-0.2, -0.15) is 0 Å². The molecule has 1 aromatic carbocycles. The fourth-order valence-electron chi connectivity index (χ4n) is 4.13. The smallest absolute Gasteiger partial charge is 0.253 e. The van der Waals surface area contributed by atoms with Gasteiger partial charge in [-0.05, 0) is 57.1 Å². The Bertz CT molecular complexity index is 584. The molecule has 2 heterocycles. The Morgan fingerprint density at radius 2 is 1.88 bits per heavy atom.